The van der Waals surface area contributed by atoms with Crippen LogP contribution in [0, 0.1) is 17.0 Å². The third-order valence-electron chi connectivity index (χ3n) is 3.50. The molecule has 0 aliphatic rings. The van der Waals surface area contributed by atoms with Crippen LogP contribution in [-0.2, 0) is 12.4 Å². The van der Waals surface area contributed by atoms with E-state index < -0.39 is 4.92 Å². The molecule has 0 fully saturated rings. The molecule has 8 nitrogen and oxygen atoms in total. The molecule has 1 aromatic carbocycles. The highest BCUT2D eigenvalue weighted by Gasteiger charge is 2.14. The van der Waals surface area contributed by atoms with Gasteiger partial charge in [-0.2, -0.15) is 5.10 Å². The molecule has 124 valence electrons. The van der Waals surface area contributed by atoms with Gasteiger partial charge in [0.25, 0.3) is 0 Å². The molecule has 24 heavy (non-hydrogen) atoms. The van der Waals surface area contributed by atoms with Gasteiger partial charge in [-0.3, -0.25) is 14.8 Å². The largest absolute Gasteiger partial charge is 0.307 e. The first kappa shape index (κ1) is 16.2. The van der Waals surface area contributed by atoms with Gasteiger partial charge in [-0.1, -0.05) is 41.6 Å². The molecule has 0 aliphatic heterocycles. The predicted molar refractivity (Wildman–Crippen MR) is 90.6 cm³/mol. The first-order valence-electron chi connectivity index (χ1n) is 7.38. The minimum Gasteiger partial charge on any atom is -0.302 e. The molecule has 0 unspecified atom stereocenters. The van der Waals surface area contributed by atoms with Gasteiger partial charge in [0.1, 0.15) is 12.4 Å². The zero-order valence-electron chi connectivity index (χ0n) is 13.3. The molecule has 0 saturated carbocycles. The molecule has 0 radical (unpaired) electrons. The molecular formula is C15H16N6O2S. The van der Waals surface area contributed by atoms with E-state index in [1.54, 1.807) is 0 Å². The Hall–Kier alpha value is -2.68. The lowest BCUT2D eigenvalue weighted by molar-refractivity contribution is -0.385. The lowest BCUT2D eigenvalue weighted by Crippen LogP contribution is -2.01. The molecule has 3 aromatic rings. The minimum absolute atomic E-state index is 0.0205. The normalized spacial score (nSPS) is 10.9. The predicted octanol–water partition coefficient (Wildman–Crippen LogP) is 3.13. The van der Waals surface area contributed by atoms with Crippen molar-refractivity contribution in [2.24, 2.45) is 0 Å². The molecule has 0 aliphatic carbocycles. The van der Waals surface area contributed by atoms with Crippen molar-refractivity contribution in [3.63, 3.8) is 0 Å². The Balaban J connectivity index is 1.78. The van der Waals surface area contributed by atoms with Crippen LogP contribution in [0.25, 0.3) is 11.4 Å². The van der Waals surface area contributed by atoms with Gasteiger partial charge in [0.05, 0.1) is 10.8 Å². The van der Waals surface area contributed by atoms with Crippen molar-refractivity contribution in [1.29, 1.82) is 0 Å². The second-order valence-electron chi connectivity index (χ2n) is 5.19. The zero-order chi connectivity index (χ0) is 17.1. The molecule has 9 heteroatoms. The Kier molecular flexibility index (Phi) is 4.61. The van der Waals surface area contributed by atoms with E-state index in [1.165, 1.54) is 34.4 Å². The van der Waals surface area contributed by atoms with Crippen molar-refractivity contribution >= 4 is 17.4 Å². The van der Waals surface area contributed by atoms with Crippen molar-refractivity contribution in [3.8, 4) is 11.4 Å². The smallest absolute Gasteiger partial charge is 0.302 e. The third-order valence-corrected chi connectivity index (χ3v) is 4.45. The highest BCUT2D eigenvalue weighted by molar-refractivity contribution is 7.98. The first-order valence-corrected chi connectivity index (χ1v) is 8.37. The second kappa shape index (κ2) is 6.83. The fourth-order valence-corrected chi connectivity index (χ4v) is 3.10. The highest BCUT2D eigenvalue weighted by Crippen LogP contribution is 2.25. The van der Waals surface area contributed by atoms with E-state index in [0.29, 0.717) is 5.88 Å². The van der Waals surface area contributed by atoms with Crippen molar-refractivity contribution in [2.45, 2.75) is 31.4 Å². The first-order chi connectivity index (χ1) is 11.6. The number of nitrogens with zero attached hydrogens (tertiary/aromatic N) is 6. The summed E-state index contributed by atoms with van der Waals surface area (Å²) < 4.78 is 3.54. The van der Waals surface area contributed by atoms with E-state index in [1.807, 2.05) is 42.7 Å². The van der Waals surface area contributed by atoms with Crippen molar-refractivity contribution in [1.82, 2.24) is 24.5 Å². The van der Waals surface area contributed by atoms with Crippen LogP contribution in [0.1, 0.15) is 12.5 Å². The zero-order valence-corrected chi connectivity index (χ0v) is 14.1. The maximum absolute atomic E-state index is 10.7. The Morgan fingerprint density at radius 2 is 2.00 bits per heavy atom. The van der Waals surface area contributed by atoms with Crippen LogP contribution in [0.15, 0.2) is 41.8 Å². The minimum atomic E-state index is -0.460. The SMILES string of the molecule is CCn1c(SCn2cc([N+](=O)[O-])cn2)nnc1-c1ccc(C)cc1. The van der Waals surface area contributed by atoms with Gasteiger partial charge in [-0.25, -0.2) is 0 Å². The summed E-state index contributed by atoms with van der Waals surface area (Å²) in [4.78, 5) is 10.2. The number of hydrogen-bond donors (Lipinski definition) is 0. The van der Waals surface area contributed by atoms with E-state index >= 15 is 0 Å². The van der Waals surface area contributed by atoms with Crippen LogP contribution in [0.3, 0.4) is 0 Å². The van der Waals surface area contributed by atoms with Gasteiger partial charge in [0, 0.05) is 12.1 Å². The summed E-state index contributed by atoms with van der Waals surface area (Å²) in [7, 11) is 0. The number of aromatic nitrogens is 5. The van der Waals surface area contributed by atoms with Crippen LogP contribution in [0.2, 0.25) is 0 Å². The van der Waals surface area contributed by atoms with Gasteiger partial charge in [0.15, 0.2) is 11.0 Å². The van der Waals surface area contributed by atoms with Gasteiger partial charge in [0.2, 0.25) is 0 Å². The third kappa shape index (κ3) is 3.30. The van der Waals surface area contributed by atoms with Crippen LogP contribution in [0.4, 0.5) is 5.69 Å². The summed E-state index contributed by atoms with van der Waals surface area (Å²) in [5.41, 5.74) is 2.18. The molecule has 0 N–H and O–H groups in total. The number of aryl methyl sites for hydroxylation is 1. The van der Waals surface area contributed by atoms with Gasteiger partial charge < -0.3 is 4.57 Å². The number of benzene rings is 1. The summed E-state index contributed by atoms with van der Waals surface area (Å²) >= 11 is 1.44. The Labute approximate surface area is 142 Å². The van der Waals surface area contributed by atoms with Crippen LogP contribution in [-0.4, -0.2) is 29.5 Å². The molecule has 0 bridgehead atoms. The Morgan fingerprint density at radius 3 is 2.62 bits per heavy atom. The average Bonchev–Trinajstić information content (AvgIpc) is 3.20. The molecule has 0 spiro atoms. The van der Waals surface area contributed by atoms with Crippen LogP contribution < -0.4 is 0 Å². The molecule has 0 amide bonds. The quantitative estimate of drug-likeness (QED) is 0.387. The molecule has 0 atom stereocenters. The number of hydrogen-bond acceptors (Lipinski definition) is 6. The van der Waals surface area contributed by atoms with E-state index in [-0.39, 0.29) is 5.69 Å². The lowest BCUT2D eigenvalue weighted by atomic mass is 10.1. The molecule has 3 rings (SSSR count). The summed E-state index contributed by atoms with van der Waals surface area (Å²) in [5, 5.41) is 24.0. The standard InChI is InChI=1S/C15H16N6O2S/c1-3-20-14(12-6-4-11(2)5-7-12)17-18-15(20)24-10-19-9-13(8-16-19)21(22)23/h4-9H,3,10H2,1-2H3. The summed E-state index contributed by atoms with van der Waals surface area (Å²) in [5.74, 6) is 1.24. The van der Waals surface area contributed by atoms with E-state index in [4.69, 9.17) is 0 Å². The fourth-order valence-electron chi connectivity index (χ4n) is 2.24. The van der Waals surface area contributed by atoms with Crippen molar-refractivity contribution in [3.05, 3.63) is 52.3 Å². The lowest BCUT2D eigenvalue weighted by Gasteiger charge is -2.07. The van der Waals surface area contributed by atoms with Crippen molar-refractivity contribution < 1.29 is 4.92 Å². The van der Waals surface area contributed by atoms with E-state index in [2.05, 4.69) is 15.3 Å². The number of rotatable bonds is 6. The fraction of sp³-hybridized carbons (Fsp3) is 0.267. The Morgan fingerprint density at radius 1 is 1.25 bits per heavy atom. The average molecular weight is 344 g/mol. The highest BCUT2D eigenvalue weighted by atomic mass is 32.2. The van der Waals surface area contributed by atoms with Gasteiger partial charge in [-0.05, 0) is 13.8 Å². The number of nitro groups is 1. The molecular weight excluding hydrogens is 328 g/mol. The second-order valence-corrected chi connectivity index (χ2v) is 6.10. The van der Waals surface area contributed by atoms with Crippen molar-refractivity contribution in [2.75, 3.05) is 0 Å². The van der Waals surface area contributed by atoms with Gasteiger partial charge >= 0.3 is 5.69 Å². The van der Waals surface area contributed by atoms with E-state index in [0.717, 1.165) is 23.1 Å². The van der Waals surface area contributed by atoms with Crippen LogP contribution in [0.5, 0.6) is 0 Å². The monoisotopic (exact) mass is 344 g/mol. The maximum Gasteiger partial charge on any atom is 0.307 e. The number of thioether (sulfide) groups is 1. The van der Waals surface area contributed by atoms with Crippen LogP contribution >= 0.6 is 11.8 Å². The maximum atomic E-state index is 10.7. The van der Waals surface area contributed by atoms with Gasteiger partial charge in [-0.15, -0.1) is 10.2 Å². The summed E-state index contributed by atoms with van der Waals surface area (Å²) in [6.45, 7) is 4.81. The topological polar surface area (TPSA) is 91.7 Å². The molecule has 2 aromatic heterocycles. The summed E-state index contributed by atoms with van der Waals surface area (Å²) in [6.07, 6.45) is 2.64. The summed E-state index contributed by atoms with van der Waals surface area (Å²) in [6, 6.07) is 8.13. The molecule has 0 saturated heterocycles. The molecule has 2 heterocycles. The Bertz CT molecular complexity index is 855. The van der Waals surface area contributed by atoms with E-state index in [9.17, 15) is 10.1 Å².